The van der Waals surface area contributed by atoms with E-state index in [0.717, 1.165) is 11.4 Å². The first-order chi connectivity index (χ1) is 7.68. The normalized spacial score (nSPS) is 18.7. The zero-order valence-electron chi connectivity index (χ0n) is 10.1. The Bertz CT molecular complexity index is 328. The first-order valence-electron chi connectivity index (χ1n) is 6.05. The average Bonchev–Trinajstić information content (AvgIpc) is 2.81. The summed E-state index contributed by atoms with van der Waals surface area (Å²) in [4.78, 5) is 6.67. The number of aliphatic hydroxyl groups excluding tert-OH is 1. The Morgan fingerprint density at radius 3 is 2.56 bits per heavy atom. The van der Waals surface area contributed by atoms with Crippen LogP contribution in [0.4, 0.5) is 5.82 Å². The van der Waals surface area contributed by atoms with E-state index in [1.54, 1.807) is 13.1 Å². The smallest absolute Gasteiger partial charge is 0.128 e. The minimum absolute atomic E-state index is 0.432. The van der Waals surface area contributed by atoms with Crippen LogP contribution in [0.5, 0.6) is 0 Å². The van der Waals surface area contributed by atoms with Gasteiger partial charge >= 0.3 is 0 Å². The van der Waals surface area contributed by atoms with Crippen LogP contribution in [0.15, 0.2) is 18.3 Å². The van der Waals surface area contributed by atoms with E-state index in [1.807, 2.05) is 12.1 Å². The molecule has 16 heavy (non-hydrogen) atoms. The Morgan fingerprint density at radius 1 is 1.38 bits per heavy atom. The molecule has 2 rings (SSSR count). The summed E-state index contributed by atoms with van der Waals surface area (Å²) >= 11 is 0. The molecule has 0 radical (unpaired) electrons. The van der Waals surface area contributed by atoms with Crippen molar-refractivity contribution in [2.45, 2.75) is 44.8 Å². The quantitative estimate of drug-likeness (QED) is 0.850. The molecule has 1 N–H and O–H groups in total. The van der Waals surface area contributed by atoms with Gasteiger partial charge in [-0.25, -0.2) is 4.98 Å². The van der Waals surface area contributed by atoms with E-state index < -0.39 is 6.10 Å². The lowest BCUT2D eigenvalue weighted by molar-refractivity contribution is 0.199. The van der Waals surface area contributed by atoms with Crippen LogP contribution in [0.2, 0.25) is 0 Å². The molecular formula is C13H20N2O. The Hall–Kier alpha value is -1.09. The van der Waals surface area contributed by atoms with Crippen molar-refractivity contribution in [1.82, 2.24) is 4.98 Å². The Kier molecular flexibility index (Phi) is 3.44. The second-order valence-corrected chi connectivity index (χ2v) is 4.67. The summed E-state index contributed by atoms with van der Waals surface area (Å²) in [5.41, 5.74) is 0.878. The number of hydrogen-bond donors (Lipinski definition) is 1. The van der Waals surface area contributed by atoms with E-state index in [-0.39, 0.29) is 0 Å². The predicted molar refractivity (Wildman–Crippen MR) is 65.5 cm³/mol. The first-order valence-corrected chi connectivity index (χ1v) is 6.05. The van der Waals surface area contributed by atoms with Crippen molar-refractivity contribution in [2.24, 2.45) is 0 Å². The van der Waals surface area contributed by atoms with Crippen molar-refractivity contribution in [1.29, 1.82) is 0 Å². The van der Waals surface area contributed by atoms with E-state index >= 15 is 0 Å². The molecule has 1 atom stereocenters. The molecule has 0 saturated heterocycles. The Morgan fingerprint density at radius 2 is 2.06 bits per heavy atom. The number of anilines is 1. The fourth-order valence-corrected chi connectivity index (χ4v) is 2.33. The van der Waals surface area contributed by atoms with Crippen LogP contribution in [0, 0.1) is 0 Å². The molecule has 1 aliphatic rings. The van der Waals surface area contributed by atoms with E-state index in [2.05, 4.69) is 16.9 Å². The van der Waals surface area contributed by atoms with Gasteiger partial charge in [-0.1, -0.05) is 18.9 Å². The summed E-state index contributed by atoms with van der Waals surface area (Å²) < 4.78 is 0. The molecule has 1 aliphatic carbocycles. The van der Waals surface area contributed by atoms with Gasteiger partial charge in [-0.05, 0) is 31.4 Å². The van der Waals surface area contributed by atoms with E-state index in [1.165, 1.54) is 25.7 Å². The molecule has 3 heteroatoms. The van der Waals surface area contributed by atoms with Gasteiger partial charge in [-0.2, -0.15) is 0 Å². The Balaban J connectivity index is 2.08. The lowest BCUT2D eigenvalue weighted by atomic mass is 10.2. The van der Waals surface area contributed by atoms with Crippen LogP contribution in [-0.4, -0.2) is 23.2 Å². The number of aliphatic hydroxyl groups is 1. The number of rotatable bonds is 3. The van der Waals surface area contributed by atoms with E-state index in [0.29, 0.717) is 6.04 Å². The van der Waals surface area contributed by atoms with Gasteiger partial charge < -0.3 is 10.0 Å². The van der Waals surface area contributed by atoms with Crippen LogP contribution in [0.3, 0.4) is 0 Å². The van der Waals surface area contributed by atoms with Crippen molar-refractivity contribution < 1.29 is 5.11 Å². The van der Waals surface area contributed by atoms with Crippen molar-refractivity contribution in [3.63, 3.8) is 0 Å². The summed E-state index contributed by atoms with van der Waals surface area (Å²) in [6.45, 7) is 1.76. The predicted octanol–water partition coefficient (Wildman–Crippen LogP) is 2.51. The van der Waals surface area contributed by atoms with Crippen LogP contribution in [0.25, 0.3) is 0 Å². The summed E-state index contributed by atoms with van der Waals surface area (Å²) in [7, 11) is 2.11. The van der Waals surface area contributed by atoms with Gasteiger partial charge in [0, 0.05) is 19.3 Å². The molecular weight excluding hydrogens is 200 g/mol. The number of aromatic nitrogens is 1. The maximum atomic E-state index is 9.41. The fraction of sp³-hybridized carbons (Fsp3) is 0.615. The Labute approximate surface area is 97.1 Å². The minimum Gasteiger partial charge on any atom is -0.389 e. The molecule has 0 amide bonds. The standard InChI is InChI=1S/C13H20N2O/c1-10(16)11-7-8-13(14-9-11)15(2)12-5-3-4-6-12/h7-10,12,16H,3-6H2,1-2H3/t10-/m1/s1. The molecule has 0 bridgehead atoms. The third kappa shape index (κ3) is 2.35. The molecule has 0 spiro atoms. The molecule has 1 heterocycles. The maximum absolute atomic E-state index is 9.41. The highest BCUT2D eigenvalue weighted by Crippen LogP contribution is 2.26. The molecule has 3 nitrogen and oxygen atoms in total. The monoisotopic (exact) mass is 220 g/mol. The number of pyridine rings is 1. The molecule has 88 valence electrons. The molecule has 1 aromatic heterocycles. The third-order valence-electron chi connectivity index (χ3n) is 3.49. The fourth-order valence-electron chi connectivity index (χ4n) is 2.33. The highest BCUT2D eigenvalue weighted by atomic mass is 16.3. The summed E-state index contributed by atoms with van der Waals surface area (Å²) in [5.74, 6) is 1.01. The van der Waals surface area contributed by atoms with Crippen LogP contribution >= 0.6 is 0 Å². The molecule has 0 aromatic carbocycles. The van der Waals surface area contributed by atoms with Crippen molar-refractivity contribution in [3.05, 3.63) is 23.9 Å². The van der Waals surface area contributed by atoms with Gasteiger partial charge in [-0.15, -0.1) is 0 Å². The topological polar surface area (TPSA) is 36.4 Å². The lowest BCUT2D eigenvalue weighted by Gasteiger charge is -2.25. The van der Waals surface area contributed by atoms with Gasteiger partial charge in [0.05, 0.1) is 6.10 Å². The van der Waals surface area contributed by atoms with Gasteiger partial charge in [0.2, 0.25) is 0 Å². The van der Waals surface area contributed by atoms with Crippen molar-refractivity contribution in [3.8, 4) is 0 Å². The largest absolute Gasteiger partial charge is 0.389 e. The van der Waals surface area contributed by atoms with Gasteiger partial charge in [0.1, 0.15) is 5.82 Å². The SMILES string of the molecule is C[C@@H](O)c1ccc(N(C)C2CCCC2)nc1. The summed E-state index contributed by atoms with van der Waals surface area (Å²) in [6, 6.07) is 4.60. The summed E-state index contributed by atoms with van der Waals surface area (Å²) in [6.07, 6.45) is 6.55. The highest BCUT2D eigenvalue weighted by molar-refractivity contribution is 5.40. The van der Waals surface area contributed by atoms with Crippen LogP contribution in [-0.2, 0) is 0 Å². The first kappa shape index (κ1) is 11.4. The van der Waals surface area contributed by atoms with Crippen molar-refractivity contribution >= 4 is 5.82 Å². The molecule has 0 unspecified atom stereocenters. The van der Waals surface area contributed by atoms with Gasteiger partial charge in [0.25, 0.3) is 0 Å². The van der Waals surface area contributed by atoms with Crippen LogP contribution < -0.4 is 4.90 Å². The molecule has 1 aromatic rings. The van der Waals surface area contributed by atoms with Crippen LogP contribution in [0.1, 0.15) is 44.3 Å². The second-order valence-electron chi connectivity index (χ2n) is 4.67. The van der Waals surface area contributed by atoms with Gasteiger partial charge in [-0.3, -0.25) is 0 Å². The maximum Gasteiger partial charge on any atom is 0.128 e. The number of nitrogens with zero attached hydrogens (tertiary/aromatic N) is 2. The average molecular weight is 220 g/mol. The zero-order chi connectivity index (χ0) is 11.5. The zero-order valence-corrected chi connectivity index (χ0v) is 10.1. The molecule has 1 saturated carbocycles. The summed E-state index contributed by atoms with van der Waals surface area (Å²) in [5, 5.41) is 9.41. The van der Waals surface area contributed by atoms with E-state index in [4.69, 9.17) is 0 Å². The third-order valence-corrected chi connectivity index (χ3v) is 3.49. The second kappa shape index (κ2) is 4.83. The minimum atomic E-state index is -0.432. The number of hydrogen-bond acceptors (Lipinski definition) is 3. The van der Waals surface area contributed by atoms with Gasteiger partial charge in [0.15, 0.2) is 0 Å². The lowest BCUT2D eigenvalue weighted by Crippen LogP contribution is -2.29. The molecule has 1 fully saturated rings. The highest BCUT2D eigenvalue weighted by Gasteiger charge is 2.20. The molecule has 0 aliphatic heterocycles. The van der Waals surface area contributed by atoms with Crippen molar-refractivity contribution in [2.75, 3.05) is 11.9 Å². The van der Waals surface area contributed by atoms with E-state index in [9.17, 15) is 5.11 Å².